The van der Waals surface area contributed by atoms with Gasteiger partial charge in [-0.05, 0) is 30.3 Å². The van der Waals surface area contributed by atoms with E-state index < -0.39 is 16.7 Å². The van der Waals surface area contributed by atoms with Crippen molar-refractivity contribution >= 4 is 27.4 Å². The number of anilines is 1. The smallest absolute Gasteiger partial charge is 0.262 e. The third-order valence-corrected chi connectivity index (χ3v) is 5.03. The molecule has 1 N–H and O–H groups in total. The van der Waals surface area contributed by atoms with Crippen LogP contribution in [0.15, 0.2) is 53.7 Å². The number of nitrogens with zero attached hydrogens (tertiary/aromatic N) is 4. The summed E-state index contributed by atoms with van der Waals surface area (Å²) in [5.41, 5.74) is 0.378. The Balaban J connectivity index is 2.02. The van der Waals surface area contributed by atoms with Gasteiger partial charge in [-0.3, -0.25) is 4.72 Å². The number of halogens is 2. The van der Waals surface area contributed by atoms with Crippen LogP contribution in [-0.4, -0.2) is 23.2 Å². The van der Waals surface area contributed by atoms with Crippen molar-refractivity contribution in [2.45, 2.75) is 11.6 Å². The molecule has 0 aliphatic carbocycles. The number of rotatable bonds is 5. The van der Waals surface area contributed by atoms with Crippen LogP contribution < -0.4 is 4.72 Å². The highest BCUT2D eigenvalue weighted by Gasteiger charge is 2.21. The Morgan fingerprint density at radius 1 is 1.19 bits per heavy atom. The minimum absolute atomic E-state index is 0.0129. The lowest BCUT2D eigenvalue weighted by Gasteiger charge is -2.11. The van der Waals surface area contributed by atoms with Crippen LogP contribution in [0, 0.1) is 11.3 Å². The van der Waals surface area contributed by atoms with Crippen molar-refractivity contribution in [2.75, 3.05) is 4.72 Å². The van der Waals surface area contributed by atoms with Crippen LogP contribution in [0.5, 0.6) is 0 Å². The number of alkyl halides is 1. The Morgan fingerprint density at radius 3 is 2.50 bits per heavy atom. The van der Waals surface area contributed by atoms with Gasteiger partial charge in [0.15, 0.2) is 11.6 Å². The standard InChI is InChI=1S/C16H11ClFN5O2S/c17-13-2-4-14(5-3-13)26(24,25)22-16-12(8-19)10-21-23(16)15-6-1-11(7-18)9-20-15/h1-6,9-10,22H,7H2. The molecule has 3 aromatic rings. The topological polar surface area (TPSA) is 101 Å². The van der Waals surface area contributed by atoms with E-state index in [1.807, 2.05) is 6.07 Å². The van der Waals surface area contributed by atoms with Crippen molar-refractivity contribution < 1.29 is 12.8 Å². The molecule has 0 unspecified atom stereocenters. The van der Waals surface area contributed by atoms with Gasteiger partial charge in [0.25, 0.3) is 10.0 Å². The third kappa shape index (κ3) is 3.51. The first kappa shape index (κ1) is 17.8. The number of hydrogen-bond acceptors (Lipinski definition) is 5. The molecule has 7 nitrogen and oxygen atoms in total. The molecule has 0 bridgehead atoms. The van der Waals surface area contributed by atoms with Gasteiger partial charge in [-0.2, -0.15) is 15.0 Å². The van der Waals surface area contributed by atoms with Gasteiger partial charge in [-0.1, -0.05) is 17.7 Å². The molecule has 0 fully saturated rings. The van der Waals surface area contributed by atoms with E-state index in [0.29, 0.717) is 10.6 Å². The van der Waals surface area contributed by atoms with Crippen LogP contribution in [-0.2, 0) is 16.7 Å². The maximum atomic E-state index is 12.6. The number of aromatic nitrogens is 3. The SMILES string of the molecule is N#Cc1cnn(-c2ccc(CF)cn2)c1NS(=O)(=O)c1ccc(Cl)cc1. The molecule has 26 heavy (non-hydrogen) atoms. The Morgan fingerprint density at radius 2 is 1.92 bits per heavy atom. The van der Waals surface area contributed by atoms with E-state index in [2.05, 4.69) is 14.8 Å². The van der Waals surface area contributed by atoms with Crippen molar-refractivity contribution in [2.24, 2.45) is 0 Å². The highest BCUT2D eigenvalue weighted by Crippen LogP contribution is 2.23. The molecule has 0 saturated heterocycles. The van der Waals surface area contributed by atoms with E-state index in [-0.39, 0.29) is 22.1 Å². The summed E-state index contributed by atoms with van der Waals surface area (Å²) in [6, 6.07) is 10.4. The van der Waals surface area contributed by atoms with E-state index in [4.69, 9.17) is 11.6 Å². The summed E-state index contributed by atoms with van der Waals surface area (Å²) in [5.74, 6) is 0.167. The first-order chi connectivity index (χ1) is 12.4. The van der Waals surface area contributed by atoms with Crippen molar-refractivity contribution in [1.82, 2.24) is 14.8 Å². The molecule has 2 heterocycles. The van der Waals surface area contributed by atoms with Crippen LogP contribution in [0.25, 0.3) is 5.82 Å². The molecule has 0 spiro atoms. The Kier molecular flexibility index (Phi) is 4.88. The molecule has 0 aliphatic rings. The zero-order valence-electron chi connectivity index (χ0n) is 13.1. The van der Waals surface area contributed by atoms with Gasteiger partial charge >= 0.3 is 0 Å². The molecule has 0 aliphatic heterocycles. The largest absolute Gasteiger partial charge is 0.263 e. The molecule has 0 amide bonds. The van der Waals surface area contributed by atoms with Crippen molar-refractivity contribution in [3.8, 4) is 11.9 Å². The van der Waals surface area contributed by atoms with Crippen molar-refractivity contribution in [3.05, 3.63) is 64.9 Å². The summed E-state index contributed by atoms with van der Waals surface area (Å²) in [4.78, 5) is 4.01. The van der Waals surface area contributed by atoms with E-state index in [9.17, 15) is 18.1 Å². The van der Waals surface area contributed by atoms with Gasteiger partial charge in [0, 0.05) is 16.8 Å². The third-order valence-electron chi connectivity index (χ3n) is 3.43. The van der Waals surface area contributed by atoms with Gasteiger partial charge < -0.3 is 0 Å². The molecule has 0 radical (unpaired) electrons. The molecule has 3 rings (SSSR count). The lowest BCUT2D eigenvalue weighted by molar-refractivity contribution is 0.484. The normalized spacial score (nSPS) is 11.1. The highest BCUT2D eigenvalue weighted by molar-refractivity contribution is 7.92. The predicted molar refractivity (Wildman–Crippen MR) is 93.1 cm³/mol. The van der Waals surface area contributed by atoms with Gasteiger partial charge in [0.2, 0.25) is 0 Å². The highest BCUT2D eigenvalue weighted by atomic mass is 35.5. The zero-order chi connectivity index (χ0) is 18.7. The second-order valence-corrected chi connectivity index (χ2v) is 7.27. The maximum Gasteiger partial charge on any atom is 0.263 e. The second-order valence-electron chi connectivity index (χ2n) is 5.15. The average Bonchev–Trinajstić information content (AvgIpc) is 3.04. The molecular weight excluding hydrogens is 381 g/mol. The molecule has 2 aromatic heterocycles. The zero-order valence-corrected chi connectivity index (χ0v) is 14.7. The maximum absolute atomic E-state index is 12.6. The summed E-state index contributed by atoms with van der Waals surface area (Å²) in [6.07, 6.45) is 2.52. The lowest BCUT2D eigenvalue weighted by atomic mass is 10.3. The average molecular weight is 392 g/mol. The van der Waals surface area contributed by atoms with Gasteiger partial charge in [-0.15, -0.1) is 0 Å². The lowest BCUT2D eigenvalue weighted by Crippen LogP contribution is -2.17. The fourth-order valence-electron chi connectivity index (χ4n) is 2.12. The first-order valence-corrected chi connectivity index (χ1v) is 9.08. The van der Waals surface area contributed by atoms with Crippen LogP contribution in [0.1, 0.15) is 11.1 Å². The quantitative estimate of drug-likeness (QED) is 0.720. The predicted octanol–water partition coefficient (Wildman–Crippen LogP) is 3.06. The number of pyridine rings is 1. The number of nitrogens with one attached hydrogen (secondary N) is 1. The molecule has 0 saturated carbocycles. The first-order valence-electron chi connectivity index (χ1n) is 7.22. The number of benzene rings is 1. The van der Waals surface area contributed by atoms with E-state index in [1.54, 1.807) is 0 Å². The summed E-state index contributed by atoms with van der Waals surface area (Å²) >= 11 is 5.77. The van der Waals surface area contributed by atoms with Gasteiger partial charge in [0.05, 0.1) is 11.1 Å². The summed E-state index contributed by atoms with van der Waals surface area (Å²) in [5, 5.41) is 13.6. The number of sulfonamides is 1. The molecule has 132 valence electrons. The van der Waals surface area contributed by atoms with Crippen LogP contribution >= 0.6 is 11.6 Å². The molecule has 10 heteroatoms. The Labute approximate surface area is 153 Å². The van der Waals surface area contributed by atoms with E-state index in [0.717, 1.165) is 4.68 Å². The van der Waals surface area contributed by atoms with Crippen LogP contribution in [0.4, 0.5) is 10.2 Å². The summed E-state index contributed by atoms with van der Waals surface area (Å²) in [6.45, 7) is -0.675. The number of hydrogen-bond donors (Lipinski definition) is 1. The van der Waals surface area contributed by atoms with Crippen molar-refractivity contribution in [3.63, 3.8) is 0 Å². The molecule has 0 atom stereocenters. The van der Waals surface area contributed by atoms with E-state index in [1.165, 1.54) is 48.8 Å². The van der Waals surface area contributed by atoms with Crippen molar-refractivity contribution in [1.29, 1.82) is 5.26 Å². The summed E-state index contributed by atoms with van der Waals surface area (Å²) < 4.78 is 41.3. The fourth-order valence-corrected chi connectivity index (χ4v) is 3.31. The van der Waals surface area contributed by atoms with Gasteiger partial charge in [0.1, 0.15) is 18.3 Å². The molecular formula is C16H11ClFN5O2S. The Bertz CT molecular complexity index is 1070. The van der Waals surface area contributed by atoms with Gasteiger partial charge in [-0.25, -0.2) is 17.8 Å². The number of nitriles is 1. The Hall–Kier alpha value is -2.96. The minimum atomic E-state index is -3.98. The summed E-state index contributed by atoms with van der Waals surface area (Å²) in [7, 11) is -3.98. The fraction of sp³-hybridized carbons (Fsp3) is 0.0625. The van der Waals surface area contributed by atoms with Crippen LogP contribution in [0.2, 0.25) is 5.02 Å². The van der Waals surface area contributed by atoms with E-state index >= 15 is 0 Å². The minimum Gasteiger partial charge on any atom is -0.262 e. The van der Waals surface area contributed by atoms with Crippen LogP contribution in [0.3, 0.4) is 0 Å². The second kappa shape index (κ2) is 7.11. The monoisotopic (exact) mass is 391 g/mol. The molecule has 1 aromatic carbocycles.